The third kappa shape index (κ3) is 31.8. The predicted molar refractivity (Wildman–Crippen MR) is 433 cm³/mol. The molecule has 658 valence electrons. The number of carboxylic acids is 1. The predicted octanol–water partition coefficient (Wildman–Crippen LogP) is -7.23. The molecule has 0 saturated carbocycles. The number of guanidine groups is 1. The molecule has 1 aliphatic rings. The summed E-state index contributed by atoms with van der Waals surface area (Å²) < 4.78 is 5.36. The molecule has 0 radical (unpaired) electrons. The van der Waals surface area contributed by atoms with E-state index in [2.05, 4.69) is 74.1 Å². The van der Waals surface area contributed by atoms with Crippen LogP contribution in [0.25, 0.3) is 21.7 Å². The Hall–Kier alpha value is -14.4. The Labute approximate surface area is 697 Å². The van der Waals surface area contributed by atoms with Crippen LogP contribution in [-0.2, 0) is 110 Å². The fourth-order valence-electron chi connectivity index (χ4n) is 12.9. The summed E-state index contributed by atoms with van der Waals surface area (Å²) in [5, 5.41) is 64.5. The number of nitrogens with two attached hydrogens (primary N) is 6. The summed E-state index contributed by atoms with van der Waals surface area (Å²) in [6, 6.07) is 1.90. The zero-order chi connectivity index (χ0) is 90.0. The van der Waals surface area contributed by atoms with Crippen LogP contribution < -0.4 is 114 Å². The van der Waals surface area contributed by atoms with Crippen LogP contribution in [0.2, 0.25) is 0 Å². The highest BCUT2D eigenvalue weighted by Crippen LogP contribution is 2.22. The number of carbonyl (C=O) groups excluding carboxylic acids is 18. The Bertz CT molecular complexity index is 4690. The van der Waals surface area contributed by atoms with Crippen molar-refractivity contribution in [2.24, 2.45) is 34.4 Å². The van der Waals surface area contributed by atoms with Crippen molar-refractivity contribution < 1.29 is 106 Å². The number of carbonyl (C=O) groups is 19. The van der Waals surface area contributed by atoms with Crippen LogP contribution in [0.3, 0.4) is 0 Å². The van der Waals surface area contributed by atoms with Gasteiger partial charge in [-0.3, -0.25) is 91.7 Å². The number of H-pyrrole nitrogens is 1. The fourth-order valence-corrected chi connectivity index (χ4v) is 12.9. The first-order chi connectivity index (χ1) is 57.8. The van der Waals surface area contributed by atoms with Gasteiger partial charge in [-0.15, -0.1) is 0 Å². The summed E-state index contributed by atoms with van der Waals surface area (Å²) in [6.07, 6.45) is -9.32. The molecule has 1 aliphatic heterocycles. The van der Waals surface area contributed by atoms with E-state index in [0.717, 1.165) is 19.2 Å². The molecular weight excluding hydrogens is 1600 g/mol. The van der Waals surface area contributed by atoms with Crippen LogP contribution in [0.4, 0.5) is 0 Å². The molecule has 30 N–H and O–H groups in total. The number of primary amides is 5. The van der Waals surface area contributed by atoms with Gasteiger partial charge in [-0.1, -0.05) is 72.8 Å². The Balaban J connectivity index is 1.53. The molecule has 44 heteroatoms. The first-order valence-electron chi connectivity index (χ1n) is 38.7. The van der Waals surface area contributed by atoms with Crippen LogP contribution in [-0.4, -0.2) is 232 Å². The maximum Gasteiger partial charge on any atom is 0.326 e. The highest BCUT2D eigenvalue weighted by molar-refractivity contribution is 6.02. The van der Waals surface area contributed by atoms with E-state index in [9.17, 15) is 72.5 Å². The molecule has 122 heavy (non-hydrogen) atoms. The number of aromatic amines is 1. The standard InChI is InChI=1S/C78H104N22O22/c1-38(101)65-76(119)98-54(32-44-37-88-47-14-7-6-13-46(44)47)72(115)92-50(23-25-59(79)103)68(111)90-49(16-10-28-87-78(84)85)67(110)93-52(30-40-18-21-45(122-3)22-19-40)71(114)94-53(31-41-17-20-42-11-4-5-12-43(42)29-41)70(113)91-51(24-26-60(80)104)69(112)97-57(74(117)96-55(33-61(81)105)73(116)99-58(77(120)121)35-63(83)107)36-64(108)86-27-9-8-15-48(89-39(2)102)66(109)95-56(34-62(82)106)75(118)100-65/h4-7,11-14,17-22,29,37-38,48-58,65,88,101H,8-10,15-16,23-28,30-36H2,1-3H3,(H2,79,103)(H2,80,104)(H2,81,105)(H2,82,106)(H2,83,107)(H,86,108)(H,89,102)(H,90,111)(H,91,113)(H,92,115)(H,93,110)(H,94,114)(H,95,109)(H,96,117)(H,97,112)(H,98,119)(H,99,116)(H,100,118)(H,120,121)(H4,84,85,87)/t38-,48?,49+,50+,51+,52+,53+,54+,55+,56+,57-,58+,65?/m1/s1. The molecule has 6 rings (SSSR count). The van der Waals surface area contributed by atoms with E-state index in [1.807, 2.05) is 5.32 Å². The number of hydrogen-bond donors (Lipinski definition) is 24. The number of rotatable bonds is 30. The third-order valence-corrected chi connectivity index (χ3v) is 19.2. The first kappa shape index (κ1) is 96.5. The number of hydrogen-bond acceptors (Lipinski definition) is 22. The smallest absolute Gasteiger partial charge is 0.326 e. The summed E-state index contributed by atoms with van der Waals surface area (Å²) in [7, 11) is 1.38. The molecule has 0 spiro atoms. The lowest BCUT2D eigenvalue weighted by Gasteiger charge is -2.29. The minimum Gasteiger partial charge on any atom is -0.497 e. The number of aliphatic carboxylic acids is 1. The van der Waals surface area contributed by atoms with E-state index < -0.39 is 267 Å². The van der Waals surface area contributed by atoms with Crippen LogP contribution in [0.1, 0.15) is 114 Å². The molecule has 0 aliphatic carbocycles. The van der Waals surface area contributed by atoms with Gasteiger partial charge in [0.2, 0.25) is 106 Å². The summed E-state index contributed by atoms with van der Waals surface area (Å²) in [4.78, 5) is 267. The van der Waals surface area contributed by atoms with Crippen LogP contribution in [0.5, 0.6) is 5.75 Å². The number of carboxylic acid groups (broad SMARTS) is 1. The number of ether oxygens (including phenoxy) is 1. The van der Waals surface area contributed by atoms with Crippen LogP contribution in [0, 0.1) is 5.41 Å². The maximum absolute atomic E-state index is 15.5. The molecular formula is C78H104N22O22. The largest absolute Gasteiger partial charge is 0.497 e. The van der Waals surface area contributed by atoms with Crippen molar-refractivity contribution >= 4 is 140 Å². The van der Waals surface area contributed by atoms with E-state index in [4.69, 9.17) is 44.5 Å². The van der Waals surface area contributed by atoms with Gasteiger partial charge < -0.3 is 129 Å². The Morgan fingerprint density at radius 2 is 1.05 bits per heavy atom. The monoisotopic (exact) mass is 1700 g/mol. The van der Waals surface area contributed by atoms with Gasteiger partial charge in [0.05, 0.1) is 38.9 Å². The summed E-state index contributed by atoms with van der Waals surface area (Å²) in [5.74, 6) is -23.4. The number of para-hydroxylation sites is 1. The van der Waals surface area contributed by atoms with E-state index >= 15 is 28.8 Å². The lowest BCUT2D eigenvalue weighted by atomic mass is 9.99. The number of methoxy groups -OCH3 is 1. The molecule has 0 bridgehead atoms. The van der Waals surface area contributed by atoms with Gasteiger partial charge in [0.25, 0.3) is 0 Å². The minimum atomic E-state index is -2.20. The van der Waals surface area contributed by atoms with Crippen molar-refractivity contribution in [1.29, 1.82) is 5.41 Å². The second-order valence-corrected chi connectivity index (χ2v) is 29.0. The average Bonchev–Trinajstić information content (AvgIpc) is 1.72. The lowest BCUT2D eigenvalue weighted by molar-refractivity contribution is -0.144. The van der Waals surface area contributed by atoms with Crippen molar-refractivity contribution in [2.75, 3.05) is 20.2 Å². The van der Waals surface area contributed by atoms with Crippen molar-refractivity contribution in [3.05, 3.63) is 114 Å². The Morgan fingerprint density at radius 1 is 0.541 bits per heavy atom. The second-order valence-electron chi connectivity index (χ2n) is 29.0. The number of nitrogens with one attached hydrogen (secondary N) is 16. The van der Waals surface area contributed by atoms with Gasteiger partial charge in [0.1, 0.15) is 78.3 Å². The Morgan fingerprint density at radius 3 is 1.61 bits per heavy atom. The Kier molecular flexibility index (Phi) is 37.4. The van der Waals surface area contributed by atoms with E-state index in [1.54, 1.807) is 66.7 Å². The fraction of sp³-hybridized carbons (Fsp3) is 0.436. The quantitative estimate of drug-likeness (QED) is 0.0115. The molecule has 2 heterocycles. The molecule has 5 aromatic rings. The van der Waals surface area contributed by atoms with Crippen LogP contribution >= 0.6 is 0 Å². The maximum atomic E-state index is 15.5. The van der Waals surface area contributed by atoms with E-state index in [0.29, 0.717) is 38.7 Å². The summed E-state index contributed by atoms with van der Waals surface area (Å²) >= 11 is 0. The van der Waals surface area contributed by atoms with Gasteiger partial charge in [0.15, 0.2) is 5.96 Å². The van der Waals surface area contributed by atoms with E-state index in [-0.39, 0.29) is 45.2 Å². The molecule has 44 nitrogen and oxygen atoms in total. The van der Waals surface area contributed by atoms with Crippen LogP contribution in [0.15, 0.2) is 97.2 Å². The van der Waals surface area contributed by atoms with Crippen molar-refractivity contribution in [3.63, 3.8) is 0 Å². The van der Waals surface area contributed by atoms with Gasteiger partial charge in [-0.2, -0.15) is 0 Å². The minimum absolute atomic E-state index is 0.0828. The number of aliphatic hydroxyl groups excluding tert-OH is 1. The molecule has 2 unspecified atom stereocenters. The van der Waals surface area contributed by atoms with Crippen molar-refractivity contribution in [3.8, 4) is 5.75 Å². The van der Waals surface area contributed by atoms with Gasteiger partial charge >= 0.3 is 5.97 Å². The number of amides is 18. The molecule has 4 aromatic carbocycles. The van der Waals surface area contributed by atoms with Gasteiger partial charge in [-0.05, 0) is 97.5 Å². The summed E-state index contributed by atoms with van der Waals surface area (Å²) in [5.41, 5.74) is 34.7. The third-order valence-electron chi connectivity index (χ3n) is 19.2. The van der Waals surface area contributed by atoms with Gasteiger partial charge in [0, 0.05) is 69.2 Å². The van der Waals surface area contributed by atoms with Crippen molar-refractivity contribution in [1.82, 2.24) is 79.4 Å². The molecule has 13 atom stereocenters. The number of fused-ring (bicyclic) bond motifs is 2. The second kappa shape index (κ2) is 47.3. The number of benzene rings is 4. The first-order valence-corrected chi connectivity index (χ1v) is 38.7. The summed E-state index contributed by atoms with van der Waals surface area (Å²) in [6.45, 7) is 1.63. The lowest BCUT2D eigenvalue weighted by Crippen LogP contribution is -2.62. The normalized spacial score (nSPS) is 21.3. The number of aromatic nitrogens is 1. The van der Waals surface area contributed by atoms with Gasteiger partial charge in [-0.25, -0.2) is 4.79 Å². The molecule has 18 amide bonds. The zero-order valence-corrected chi connectivity index (χ0v) is 67.0. The average molecular weight is 1700 g/mol. The molecule has 1 saturated heterocycles. The molecule has 1 fully saturated rings. The highest BCUT2D eigenvalue weighted by Gasteiger charge is 2.40. The zero-order valence-electron chi connectivity index (χ0n) is 67.0. The van der Waals surface area contributed by atoms with E-state index in [1.165, 1.54) is 37.6 Å². The molecule has 1 aromatic heterocycles. The topological polar surface area (TPSA) is 738 Å². The SMILES string of the molecule is COc1ccc(C[C@@H]2NC(=O)[C@H](CCCNC(=N)N)NC(=O)[C@H](CCC(N)=O)NC(=O)[C@H](Cc3c[nH]c4ccccc34)NC(=O)C([C@@H](C)O)NC(=O)[C@H](CC(N)=O)NC(=O)C(NC(C)=O)CCCCNC(=O)C[C@H](C(=O)N[C@@H](CC(N)=O)C(=O)N[C@@H](CC(N)=O)C(=O)O)NC(=O)[C@H](CCC(N)=O)NC(=O)[C@H](Cc3ccc4ccccc4c3)NC2=O)cc1. The number of aliphatic hydroxyl groups is 1. The van der Waals surface area contributed by atoms with Crippen molar-refractivity contribution in [2.45, 2.75) is 195 Å². The highest BCUT2D eigenvalue weighted by atomic mass is 16.5.